The molecule has 1 saturated carbocycles. The molecule has 0 aromatic carbocycles. The zero-order chi connectivity index (χ0) is 16.2. The second kappa shape index (κ2) is 7.61. The Morgan fingerprint density at radius 2 is 1.91 bits per heavy atom. The van der Waals surface area contributed by atoms with Crippen molar-refractivity contribution in [2.75, 3.05) is 45.6 Å². The number of sulfonamides is 1. The van der Waals surface area contributed by atoms with Crippen molar-refractivity contribution in [1.82, 2.24) is 14.5 Å². The molecule has 22 heavy (non-hydrogen) atoms. The van der Waals surface area contributed by atoms with Gasteiger partial charge in [0.05, 0.1) is 18.5 Å². The topological polar surface area (TPSA) is 74.2 Å². The molecule has 0 spiro atoms. The van der Waals surface area contributed by atoms with Crippen LogP contribution in [0.5, 0.6) is 0 Å². The van der Waals surface area contributed by atoms with E-state index in [1.165, 1.54) is 12.8 Å². The fourth-order valence-corrected chi connectivity index (χ4v) is 3.69. The average Bonchev–Trinajstić information content (AvgIpc) is 3.28. The standard InChI is InChI=1S/C14H28N4O3S/c1-12(2)21-10-11-22(19,20)18-8-6-17(7-9-18)14(15-3)16-13-4-5-13/h12-13H,4-11H2,1-3H3,(H,15,16). The van der Waals surface area contributed by atoms with Gasteiger partial charge in [-0.05, 0) is 26.7 Å². The van der Waals surface area contributed by atoms with E-state index in [1.54, 1.807) is 11.4 Å². The van der Waals surface area contributed by atoms with Crippen molar-refractivity contribution in [3.05, 3.63) is 0 Å². The zero-order valence-electron chi connectivity index (χ0n) is 13.8. The van der Waals surface area contributed by atoms with Gasteiger partial charge in [-0.2, -0.15) is 4.31 Å². The molecule has 0 bridgehead atoms. The highest BCUT2D eigenvalue weighted by molar-refractivity contribution is 7.89. The summed E-state index contributed by atoms with van der Waals surface area (Å²) in [5.74, 6) is 0.947. The molecule has 0 amide bonds. The first-order valence-electron chi connectivity index (χ1n) is 8.00. The van der Waals surface area contributed by atoms with Crippen LogP contribution in [0.15, 0.2) is 4.99 Å². The predicted octanol–water partition coefficient (Wildman–Crippen LogP) is 0.0966. The van der Waals surface area contributed by atoms with Crippen molar-refractivity contribution < 1.29 is 13.2 Å². The zero-order valence-corrected chi connectivity index (χ0v) is 14.6. The quantitative estimate of drug-likeness (QED) is 0.551. The number of aliphatic imine (C=N–C) groups is 1. The van der Waals surface area contributed by atoms with Gasteiger partial charge in [0.2, 0.25) is 10.0 Å². The number of guanidine groups is 1. The van der Waals surface area contributed by atoms with Gasteiger partial charge in [-0.25, -0.2) is 8.42 Å². The maximum absolute atomic E-state index is 12.3. The van der Waals surface area contributed by atoms with E-state index >= 15 is 0 Å². The number of rotatable bonds is 6. The third kappa shape index (κ3) is 5.10. The summed E-state index contributed by atoms with van der Waals surface area (Å²) in [5.41, 5.74) is 0. The molecule has 2 fully saturated rings. The van der Waals surface area contributed by atoms with Crippen molar-refractivity contribution in [1.29, 1.82) is 0 Å². The minimum Gasteiger partial charge on any atom is -0.378 e. The van der Waals surface area contributed by atoms with Crippen LogP contribution in [0.4, 0.5) is 0 Å². The minimum atomic E-state index is -3.22. The second-order valence-corrected chi connectivity index (χ2v) is 8.18. The first-order chi connectivity index (χ1) is 10.4. The first-order valence-corrected chi connectivity index (χ1v) is 9.61. The summed E-state index contributed by atoms with van der Waals surface area (Å²) >= 11 is 0. The fourth-order valence-electron chi connectivity index (χ4n) is 2.40. The lowest BCUT2D eigenvalue weighted by Crippen LogP contribution is -2.54. The molecule has 1 N–H and O–H groups in total. The van der Waals surface area contributed by atoms with E-state index in [4.69, 9.17) is 4.74 Å². The van der Waals surface area contributed by atoms with E-state index in [9.17, 15) is 8.42 Å². The molecule has 8 heteroatoms. The molecule has 1 heterocycles. The molecule has 2 aliphatic rings. The number of hydrogen-bond donors (Lipinski definition) is 1. The Morgan fingerprint density at radius 3 is 2.41 bits per heavy atom. The lowest BCUT2D eigenvalue weighted by molar-refractivity contribution is 0.0904. The van der Waals surface area contributed by atoms with Gasteiger partial charge in [-0.1, -0.05) is 0 Å². The molecule has 1 saturated heterocycles. The Balaban J connectivity index is 1.80. The Bertz CT molecular complexity index is 480. The molecule has 0 aromatic heterocycles. The smallest absolute Gasteiger partial charge is 0.216 e. The summed E-state index contributed by atoms with van der Waals surface area (Å²) in [4.78, 5) is 6.43. The summed E-state index contributed by atoms with van der Waals surface area (Å²) in [5, 5.41) is 3.40. The Kier molecular flexibility index (Phi) is 6.05. The Morgan fingerprint density at radius 1 is 1.27 bits per heavy atom. The van der Waals surface area contributed by atoms with Crippen LogP contribution in [0.1, 0.15) is 26.7 Å². The van der Waals surface area contributed by atoms with Crippen LogP contribution in [0.2, 0.25) is 0 Å². The summed E-state index contributed by atoms with van der Waals surface area (Å²) in [7, 11) is -1.45. The number of nitrogens with one attached hydrogen (secondary N) is 1. The van der Waals surface area contributed by atoms with Crippen LogP contribution in [0, 0.1) is 0 Å². The molecular weight excluding hydrogens is 304 g/mol. The predicted molar refractivity (Wildman–Crippen MR) is 87.5 cm³/mol. The second-order valence-electron chi connectivity index (χ2n) is 6.09. The first kappa shape index (κ1) is 17.5. The molecule has 0 aromatic rings. The highest BCUT2D eigenvalue weighted by atomic mass is 32.2. The van der Waals surface area contributed by atoms with Gasteiger partial charge >= 0.3 is 0 Å². The molecule has 1 aliphatic heterocycles. The van der Waals surface area contributed by atoms with Crippen LogP contribution in [-0.4, -0.2) is 81.3 Å². The minimum absolute atomic E-state index is 0.0558. The highest BCUT2D eigenvalue weighted by Gasteiger charge is 2.30. The van der Waals surface area contributed by atoms with Gasteiger partial charge in [0.25, 0.3) is 0 Å². The van der Waals surface area contributed by atoms with Crippen molar-refractivity contribution in [3.63, 3.8) is 0 Å². The molecule has 1 aliphatic carbocycles. The largest absolute Gasteiger partial charge is 0.378 e. The van der Waals surface area contributed by atoms with Gasteiger partial charge in [0, 0.05) is 39.3 Å². The normalized spacial score (nSPS) is 21.5. The molecule has 0 unspecified atom stereocenters. The van der Waals surface area contributed by atoms with E-state index in [0.717, 1.165) is 5.96 Å². The number of ether oxygens (including phenoxy) is 1. The molecule has 2 rings (SSSR count). The third-order valence-electron chi connectivity index (χ3n) is 3.85. The van der Waals surface area contributed by atoms with Gasteiger partial charge in [-0.15, -0.1) is 0 Å². The highest BCUT2D eigenvalue weighted by Crippen LogP contribution is 2.19. The summed E-state index contributed by atoms with van der Waals surface area (Å²) in [6.45, 7) is 6.44. The Labute approximate surface area is 133 Å². The van der Waals surface area contributed by atoms with Crippen molar-refractivity contribution >= 4 is 16.0 Å². The SMILES string of the molecule is CN=C(NC1CC1)N1CCN(S(=O)(=O)CCOC(C)C)CC1. The van der Waals surface area contributed by atoms with Crippen LogP contribution in [-0.2, 0) is 14.8 Å². The monoisotopic (exact) mass is 332 g/mol. The van der Waals surface area contributed by atoms with Gasteiger partial charge in [0.1, 0.15) is 0 Å². The van der Waals surface area contributed by atoms with Crippen molar-refractivity contribution in [3.8, 4) is 0 Å². The van der Waals surface area contributed by atoms with E-state index < -0.39 is 10.0 Å². The van der Waals surface area contributed by atoms with Crippen LogP contribution < -0.4 is 5.32 Å². The lowest BCUT2D eigenvalue weighted by Gasteiger charge is -2.35. The molecular formula is C14H28N4O3S. The van der Waals surface area contributed by atoms with Crippen LogP contribution in [0.3, 0.4) is 0 Å². The number of hydrogen-bond acceptors (Lipinski definition) is 4. The van der Waals surface area contributed by atoms with Crippen molar-refractivity contribution in [2.45, 2.75) is 38.8 Å². The number of nitrogens with zero attached hydrogens (tertiary/aromatic N) is 3. The van der Waals surface area contributed by atoms with Crippen molar-refractivity contribution in [2.24, 2.45) is 4.99 Å². The van der Waals surface area contributed by atoms with Crippen LogP contribution in [0.25, 0.3) is 0 Å². The van der Waals surface area contributed by atoms with Crippen LogP contribution >= 0.6 is 0 Å². The maximum atomic E-state index is 12.3. The lowest BCUT2D eigenvalue weighted by atomic mass is 10.4. The average molecular weight is 332 g/mol. The summed E-state index contributed by atoms with van der Waals surface area (Å²) < 4.78 is 31.5. The van der Waals surface area contributed by atoms with Gasteiger partial charge in [-0.3, -0.25) is 4.99 Å². The van der Waals surface area contributed by atoms with E-state index in [1.807, 2.05) is 13.8 Å². The van der Waals surface area contributed by atoms with E-state index in [-0.39, 0.29) is 18.5 Å². The van der Waals surface area contributed by atoms with E-state index in [0.29, 0.717) is 32.2 Å². The van der Waals surface area contributed by atoms with Gasteiger partial charge < -0.3 is 15.0 Å². The number of piperazine rings is 1. The molecule has 0 atom stereocenters. The van der Waals surface area contributed by atoms with Gasteiger partial charge in [0.15, 0.2) is 5.96 Å². The summed E-state index contributed by atoms with van der Waals surface area (Å²) in [6.07, 6.45) is 2.45. The maximum Gasteiger partial charge on any atom is 0.216 e. The summed E-state index contributed by atoms with van der Waals surface area (Å²) in [6, 6.07) is 0.550. The molecule has 7 nitrogen and oxygen atoms in total. The Hall–Kier alpha value is -0.860. The fraction of sp³-hybridized carbons (Fsp3) is 0.929. The molecule has 0 radical (unpaired) electrons. The third-order valence-corrected chi connectivity index (χ3v) is 5.68. The van der Waals surface area contributed by atoms with E-state index in [2.05, 4.69) is 15.2 Å². The molecule has 128 valence electrons.